The molecule has 10 heteroatoms. The molecular formula is C20H23N3O6S. The van der Waals surface area contributed by atoms with Crippen LogP contribution in [0.15, 0.2) is 9.32 Å². The number of hydrogen-bond acceptors (Lipinski definition) is 9. The lowest BCUT2D eigenvalue weighted by Crippen LogP contribution is -2.17. The zero-order valence-corrected chi connectivity index (χ0v) is 18.3. The van der Waals surface area contributed by atoms with Crippen LogP contribution in [-0.4, -0.2) is 33.7 Å². The normalized spacial score (nSPS) is 12.2. The third kappa shape index (κ3) is 4.28. The number of rotatable bonds is 7. The lowest BCUT2D eigenvalue weighted by Gasteiger charge is -2.12. The average Bonchev–Trinajstić information content (AvgIpc) is 3.19. The summed E-state index contributed by atoms with van der Waals surface area (Å²) in [6, 6.07) is 0. The summed E-state index contributed by atoms with van der Waals surface area (Å²) in [5.41, 5.74) is 1.76. The molecule has 0 fully saturated rings. The standard InChI is InChI=1S/C20H23N3O6S/c1-6-27-20(26)16-9(2)15-18(25)21-17(22-19(15)30-16)12(5)28-14(24)8-7-13-10(3)23-29-11(13)4/h12H,6-8H2,1-5H3,(H,21,22,25). The second-order valence-electron chi connectivity index (χ2n) is 6.84. The molecule has 3 rings (SSSR count). The minimum atomic E-state index is -0.757. The first kappa shape index (κ1) is 21.7. The van der Waals surface area contributed by atoms with Crippen molar-refractivity contribution in [2.24, 2.45) is 0 Å². The Morgan fingerprint density at radius 3 is 2.63 bits per heavy atom. The predicted molar refractivity (Wildman–Crippen MR) is 110 cm³/mol. The number of nitrogens with zero attached hydrogens (tertiary/aromatic N) is 2. The molecule has 0 radical (unpaired) electrons. The first-order chi connectivity index (χ1) is 14.2. The Labute approximate surface area is 176 Å². The van der Waals surface area contributed by atoms with Crippen LogP contribution in [0.3, 0.4) is 0 Å². The van der Waals surface area contributed by atoms with Crippen LogP contribution in [-0.2, 0) is 20.7 Å². The first-order valence-corrected chi connectivity index (χ1v) is 10.4. The highest BCUT2D eigenvalue weighted by Gasteiger charge is 2.22. The number of fused-ring (bicyclic) bond motifs is 1. The highest BCUT2D eigenvalue weighted by molar-refractivity contribution is 7.20. The van der Waals surface area contributed by atoms with Gasteiger partial charge in [-0.25, -0.2) is 9.78 Å². The zero-order chi connectivity index (χ0) is 22.0. The first-order valence-electron chi connectivity index (χ1n) is 9.54. The van der Waals surface area contributed by atoms with E-state index >= 15 is 0 Å². The minimum Gasteiger partial charge on any atom is -0.462 e. The lowest BCUT2D eigenvalue weighted by molar-refractivity contribution is -0.148. The van der Waals surface area contributed by atoms with Crippen molar-refractivity contribution in [3.8, 4) is 0 Å². The van der Waals surface area contributed by atoms with Gasteiger partial charge >= 0.3 is 11.9 Å². The summed E-state index contributed by atoms with van der Waals surface area (Å²) in [5, 5.41) is 4.20. The van der Waals surface area contributed by atoms with E-state index in [-0.39, 0.29) is 18.9 Å². The van der Waals surface area contributed by atoms with Crippen molar-refractivity contribution in [2.75, 3.05) is 6.61 Å². The summed E-state index contributed by atoms with van der Waals surface area (Å²) in [5.74, 6) is -0.0253. The van der Waals surface area contributed by atoms with E-state index in [4.69, 9.17) is 14.0 Å². The Balaban J connectivity index is 1.76. The van der Waals surface area contributed by atoms with E-state index in [0.717, 1.165) is 22.6 Å². The fourth-order valence-electron chi connectivity index (χ4n) is 3.14. The molecule has 0 saturated carbocycles. The van der Waals surface area contributed by atoms with Gasteiger partial charge in [0.05, 0.1) is 17.7 Å². The molecule has 3 aromatic heterocycles. The second kappa shape index (κ2) is 8.78. The van der Waals surface area contributed by atoms with Gasteiger partial charge in [-0.3, -0.25) is 9.59 Å². The second-order valence-corrected chi connectivity index (χ2v) is 7.84. The fraction of sp³-hybridized carbons (Fsp3) is 0.450. The third-order valence-corrected chi connectivity index (χ3v) is 5.90. The molecule has 0 aromatic carbocycles. The quantitative estimate of drug-likeness (QED) is 0.563. The number of aromatic amines is 1. The van der Waals surface area contributed by atoms with Crippen LogP contribution in [0, 0.1) is 20.8 Å². The van der Waals surface area contributed by atoms with Crippen LogP contribution in [0.1, 0.15) is 64.4 Å². The molecule has 3 heterocycles. The van der Waals surface area contributed by atoms with E-state index in [1.165, 1.54) is 0 Å². The van der Waals surface area contributed by atoms with Gasteiger partial charge in [-0.1, -0.05) is 5.16 Å². The van der Waals surface area contributed by atoms with Crippen molar-refractivity contribution in [2.45, 2.75) is 53.6 Å². The van der Waals surface area contributed by atoms with Crippen molar-refractivity contribution >= 4 is 33.5 Å². The SMILES string of the molecule is CCOC(=O)c1sc2nc(C(C)OC(=O)CCc3c(C)noc3C)[nH]c(=O)c2c1C. The van der Waals surface area contributed by atoms with Crippen molar-refractivity contribution < 1.29 is 23.6 Å². The number of nitrogens with one attached hydrogen (secondary N) is 1. The number of H-pyrrole nitrogens is 1. The molecule has 0 aliphatic rings. The Morgan fingerprint density at radius 1 is 1.27 bits per heavy atom. The largest absolute Gasteiger partial charge is 0.462 e. The maximum Gasteiger partial charge on any atom is 0.348 e. The topological polar surface area (TPSA) is 124 Å². The molecule has 0 aliphatic carbocycles. The molecular weight excluding hydrogens is 410 g/mol. The van der Waals surface area contributed by atoms with Gasteiger partial charge in [-0.2, -0.15) is 0 Å². The summed E-state index contributed by atoms with van der Waals surface area (Å²) in [4.78, 5) is 44.7. The zero-order valence-electron chi connectivity index (χ0n) is 17.5. The predicted octanol–water partition coefficient (Wildman–Crippen LogP) is 3.31. The van der Waals surface area contributed by atoms with Crippen LogP contribution < -0.4 is 5.56 Å². The number of hydrogen-bond donors (Lipinski definition) is 1. The summed E-state index contributed by atoms with van der Waals surface area (Å²) in [7, 11) is 0. The number of esters is 2. The van der Waals surface area contributed by atoms with Crippen LogP contribution in [0.25, 0.3) is 10.2 Å². The van der Waals surface area contributed by atoms with Crippen LogP contribution >= 0.6 is 11.3 Å². The van der Waals surface area contributed by atoms with Gasteiger partial charge < -0.3 is 19.0 Å². The number of carbonyl (C=O) groups excluding carboxylic acids is 2. The maximum absolute atomic E-state index is 12.6. The fourth-order valence-corrected chi connectivity index (χ4v) is 4.22. The van der Waals surface area contributed by atoms with Crippen molar-refractivity contribution in [3.05, 3.63) is 43.6 Å². The van der Waals surface area contributed by atoms with E-state index < -0.39 is 23.6 Å². The molecule has 0 amide bonds. The van der Waals surface area contributed by atoms with Gasteiger partial charge in [0.1, 0.15) is 15.5 Å². The monoisotopic (exact) mass is 433 g/mol. The molecule has 30 heavy (non-hydrogen) atoms. The van der Waals surface area contributed by atoms with Crippen LogP contribution in [0.2, 0.25) is 0 Å². The molecule has 1 N–H and O–H groups in total. The molecule has 3 aromatic rings. The molecule has 0 aliphatic heterocycles. The molecule has 1 unspecified atom stereocenters. The van der Waals surface area contributed by atoms with E-state index in [2.05, 4.69) is 15.1 Å². The molecule has 0 bridgehead atoms. The van der Waals surface area contributed by atoms with Gasteiger partial charge in [0.2, 0.25) is 0 Å². The number of aryl methyl sites for hydroxylation is 3. The minimum absolute atomic E-state index is 0.144. The van der Waals surface area contributed by atoms with Crippen LogP contribution in [0.4, 0.5) is 0 Å². The number of carbonyl (C=O) groups is 2. The van der Waals surface area contributed by atoms with Crippen molar-refractivity contribution in [1.82, 2.24) is 15.1 Å². The summed E-state index contributed by atoms with van der Waals surface area (Å²) >= 11 is 1.08. The Kier molecular flexibility index (Phi) is 6.35. The Morgan fingerprint density at radius 2 is 2.00 bits per heavy atom. The van der Waals surface area contributed by atoms with Crippen LogP contribution in [0.5, 0.6) is 0 Å². The highest BCUT2D eigenvalue weighted by Crippen LogP contribution is 2.28. The number of thiophene rings is 1. The number of ether oxygens (including phenoxy) is 2. The highest BCUT2D eigenvalue weighted by atomic mass is 32.1. The van der Waals surface area contributed by atoms with Crippen molar-refractivity contribution in [1.29, 1.82) is 0 Å². The number of aromatic nitrogens is 3. The lowest BCUT2D eigenvalue weighted by atomic mass is 10.1. The summed E-state index contributed by atoms with van der Waals surface area (Å²) in [6.45, 7) is 8.87. The van der Waals surface area contributed by atoms with Crippen molar-refractivity contribution in [3.63, 3.8) is 0 Å². The van der Waals surface area contributed by atoms with Gasteiger partial charge in [-0.05, 0) is 46.6 Å². The van der Waals surface area contributed by atoms with Gasteiger partial charge in [-0.15, -0.1) is 11.3 Å². The molecule has 160 valence electrons. The molecule has 1 atom stereocenters. The average molecular weight is 433 g/mol. The van der Waals surface area contributed by atoms with E-state index in [1.54, 1.807) is 27.7 Å². The van der Waals surface area contributed by atoms with E-state index in [9.17, 15) is 14.4 Å². The Hall–Kier alpha value is -3.01. The smallest absolute Gasteiger partial charge is 0.348 e. The molecule has 0 saturated heterocycles. The maximum atomic E-state index is 12.6. The van der Waals surface area contributed by atoms with Gasteiger partial charge in [0, 0.05) is 12.0 Å². The molecule has 9 nitrogen and oxygen atoms in total. The van der Waals surface area contributed by atoms with E-state index in [1.807, 2.05) is 6.92 Å². The summed E-state index contributed by atoms with van der Waals surface area (Å²) < 4.78 is 15.6. The van der Waals surface area contributed by atoms with Gasteiger partial charge in [0.25, 0.3) is 5.56 Å². The van der Waals surface area contributed by atoms with E-state index in [0.29, 0.717) is 32.8 Å². The third-order valence-electron chi connectivity index (χ3n) is 4.73. The molecule has 0 spiro atoms. The Bertz CT molecular complexity index is 1140. The van der Waals surface area contributed by atoms with Gasteiger partial charge in [0.15, 0.2) is 11.9 Å². The summed E-state index contributed by atoms with van der Waals surface area (Å²) in [6.07, 6.45) is -0.166.